The van der Waals surface area contributed by atoms with Gasteiger partial charge in [-0.05, 0) is 23.8 Å². The van der Waals surface area contributed by atoms with E-state index in [0.29, 0.717) is 0 Å². The van der Waals surface area contributed by atoms with Crippen molar-refractivity contribution in [3.8, 4) is 6.07 Å². The molecular weight excluding hydrogens is 160 g/mol. The minimum absolute atomic E-state index is 0.155. The summed E-state index contributed by atoms with van der Waals surface area (Å²) < 4.78 is 0. The summed E-state index contributed by atoms with van der Waals surface area (Å²) in [5.74, 6) is 0. The van der Waals surface area contributed by atoms with Crippen LogP contribution in [0.5, 0.6) is 0 Å². The van der Waals surface area contributed by atoms with Crippen molar-refractivity contribution in [3.05, 3.63) is 29.3 Å². The van der Waals surface area contributed by atoms with Gasteiger partial charge in [-0.3, -0.25) is 0 Å². The molecule has 0 atom stereocenters. The van der Waals surface area contributed by atoms with Gasteiger partial charge in [-0.2, -0.15) is 5.26 Å². The van der Waals surface area contributed by atoms with E-state index in [0.717, 1.165) is 12.1 Å². The van der Waals surface area contributed by atoms with E-state index >= 15 is 0 Å². The number of hydrogen-bond donors (Lipinski definition) is 1. The molecule has 0 saturated heterocycles. The average molecular weight is 172 g/mol. The van der Waals surface area contributed by atoms with Crippen LogP contribution in [0.1, 0.15) is 25.0 Å². The molecule has 1 aromatic rings. The molecule has 2 nitrogen and oxygen atoms in total. The highest BCUT2D eigenvalue weighted by molar-refractivity contribution is 5.62. The van der Waals surface area contributed by atoms with E-state index in [-0.39, 0.29) is 5.41 Å². The third-order valence-corrected chi connectivity index (χ3v) is 2.60. The molecule has 13 heavy (non-hydrogen) atoms. The minimum Gasteiger partial charge on any atom is -0.384 e. The fourth-order valence-corrected chi connectivity index (χ4v) is 1.74. The first-order valence-corrected chi connectivity index (χ1v) is 4.42. The molecule has 0 unspecified atom stereocenters. The zero-order chi connectivity index (χ0) is 9.47. The van der Waals surface area contributed by atoms with Gasteiger partial charge in [0.05, 0.1) is 11.6 Å². The van der Waals surface area contributed by atoms with E-state index < -0.39 is 0 Å². The molecule has 0 aromatic heterocycles. The van der Waals surface area contributed by atoms with Crippen molar-refractivity contribution in [2.24, 2.45) is 0 Å². The van der Waals surface area contributed by atoms with Gasteiger partial charge in [0.25, 0.3) is 0 Å². The maximum absolute atomic E-state index is 8.77. The van der Waals surface area contributed by atoms with Crippen LogP contribution in [0, 0.1) is 11.3 Å². The molecule has 2 rings (SSSR count). The third-order valence-electron chi connectivity index (χ3n) is 2.60. The van der Waals surface area contributed by atoms with E-state index in [9.17, 15) is 0 Å². The molecule has 1 aliphatic heterocycles. The lowest BCUT2D eigenvalue weighted by Crippen LogP contribution is -2.18. The monoisotopic (exact) mass is 172 g/mol. The molecule has 1 heterocycles. The van der Waals surface area contributed by atoms with Crippen LogP contribution in [0.25, 0.3) is 0 Å². The van der Waals surface area contributed by atoms with Gasteiger partial charge in [0.2, 0.25) is 0 Å². The first-order valence-electron chi connectivity index (χ1n) is 4.42. The van der Waals surface area contributed by atoms with Crippen molar-refractivity contribution < 1.29 is 0 Å². The van der Waals surface area contributed by atoms with E-state index in [1.54, 1.807) is 0 Å². The summed E-state index contributed by atoms with van der Waals surface area (Å²) >= 11 is 0. The summed E-state index contributed by atoms with van der Waals surface area (Å²) in [5, 5.41) is 12.1. The van der Waals surface area contributed by atoms with Crippen molar-refractivity contribution in [1.29, 1.82) is 5.26 Å². The molecule has 66 valence electrons. The zero-order valence-electron chi connectivity index (χ0n) is 7.89. The second-order valence-corrected chi connectivity index (χ2v) is 4.11. The Balaban J connectivity index is 2.57. The SMILES string of the molecule is CC1(C)CNc2ccc(C#N)cc21. The predicted octanol–water partition coefficient (Wildman–Crippen LogP) is 2.26. The number of hydrogen-bond acceptors (Lipinski definition) is 2. The Hall–Kier alpha value is -1.49. The molecular formula is C11H12N2. The predicted molar refractivity (Wildman–Crippen MR) is 52.7 cm³/mol. The number of rotatable bonds is 0. The fourth-order valence-electron chi connectivity index (χ4n) is 1.74. The molecule has 0 fully saturated rings. The molecule has 0 bridgehead atoms. The maximum atomic E-state index is 8.77. The highest BCUT2D eigenvalue weighted by atomic mass is 14.9. The molecule has 1 aliphatic rings. The highest BCUT2D eigenvalue weighted by Gasteiger charge is 2.29. The van der Waals surface area contributed by atoms with Gasteiger partial charge in [-0.15, -0.1) is 0 Å². The Morgan fingerprint density at radius 1 is 1.46 bits per heavy atom. The second kappa shape index (κ2) is 2.50. The van der Waals surface area contributed by atoms with Gasteiger partial charge in [0, 0.05) is 17.6 Å². The number of fused-ring (bicyclic) bond motifs is 1. The van der Waals surface area contributed by atoms with Crippen LogP contribution >= 0.6 is 0 Å². The van der Waals surface area contributed by atoms with Gasteiger partial charge in [0.15, 0.2) is 0 Å². The average Bonchev–Trinajstić information content (AvgIpc) is 2.42. The van der Waals surface area contributed by atoms with Crippen LogP contribution in [0.3, 0.4) is 0 Å². The number of anilines is 1. The van der Waals surface area contributed by atoms with Gasteiger partial charge < -0.3 is 5.32 Å². The van der Waals surface area contributed by atoms with Gasteiger partial charge in [-0.1, -0.05) is 13.8 Å². The van der Waals surface area contributed by atoms with Crippen LogP contribution in [0.2, 0.25) is 0 Å². The summed E-state index contributed by atoms with van der Waals surface area (Å²) in [6.45, 7) is 5.33. The lowest BCUT2D eigenvalue weighted by molar-refractivity contribution is 0.586. The quantitative estimate of drug-likeness (QED) is 0.651. The van der Waals surface area contributed by atoms with E-state index in [1.807, 2.05) is 18.2 Å². The Labute approximate surface area is 78.2 Å². The van der Waals surface area contributed by atoms with Crippen molar-refractivity contribution in [3.63, 3.8) is 0 Å². The summed E-state index contributed by atoms with van der Waals surface area (Å²) in [6.07, 6.45) is 0. The molecule has 0 radical (unpaired) electrons. The molecule has 1 aromatic carbocycles. The molecule has 0 spiro atoms. The summed E-state index contributed by atoms with van der Waals surface area (Å²) in [7, 11) is 0. The standard InChI is InChI=1S/C11H12N2/c1-11(2)7-13-10-4-3-8(6-12)5-9(10)11/h3-5,13H,7H2,1-2H3. The number of nitrogens with one attached hydrogen (secondary N) is 1. The van der Waals surface area contributed by atoms with Crippen LogP contribution < -0.4 is 5.32 Å². The lowest BCUT2D eigenvalue weighted by atomic mass is 9.86. The van der Waals surface area contributed by atoms with Crippen LogP contribution in [-0.2, 0) is 5.41 Å². The number of benzene rings is 1. The first kappa shape index (κ1) is 8.12. The Bertz CT molecular complexity index is 386. The lowest BCUT2D eigenvalue weighted by Gasteiger charge is -2.16. The summed E-state index contributed by atoms with van der Waals surface area (Å²) in [4.78, 5) is 0. The van der Waals surface area contributed by atoms with Crippen LogP contribution in [0.15, 0.2) is 18.2 Å². The normalized spacial score (nSPS) is 17.3. The second-order valence-electron chi connectivity index (χ2n) is 4.11. The van der Waals surface area contributed by atoms with Crippen LogP contribution in [-0.4, -0.2) is 6.54 Å². The molecule has 2 heteroatoms. The Morgan fingerprint density at radius 2 is 2.23 bits per heavy atom. The molecule has 1 N–H and O–H groups in total. The minimum atomic E-state index is 0.155. The van der Waals surface area contributed by atoms with Crippen LogP contribution in [0.4, 0.5) is 5.69 Å². The fraction of sp³-hybridized carbons (Fsp3) is 0.364. The Kier molecular flexibility index (Phi) is 1.56. The van der Waals surface area contributed by atoms with Gasteiger partial charge >= 0.3 is 0 Å². The van der Waals surface area contributed by atoms with Crippen molar-refractivity contribution in [1.82, 2.24) is 0 Å². The van der Waals surface area contributed by atoms with Gasteiger partial charge in [-0.25, -0.2) is 0 Å². The van der Waals surface area contributed by atoms with Crippen molar-refractivity contribution in [2.75, 3.05) is 11.9 Å². The summed E-state index contributed by atoms with van der Waals surface area (Å²) in [6, 6.07) is 7.99. The molecule has 0 amide bonds. The number of nitriles is 1. The van der Waals surface area contributed by atoms with Crippen molar-refractivity contribution >= 4 is 5.69 Å². The highest BCUT2D eigenvalue weighted by Crippen LogP contribution is 2.36. The Morgan fingerprint density at radius 3 is 2.92 bits per heavy atom. The van der Waals surface area contributed by atoms with E-state index in [2.05, 4.69) is 25.2 Å². The largest absolute Gasteiger partial charge is 0.384 e. The zero-order valence-corrected chi connectivity index (χ0v) is 7.89. The van der Waals surface area contributed by atoms with Gasteiger partial charge in [0.1, 0.15) is 0 Å². The third kappa shape index (κ3) is 1.17. The topological polar surface area (TPSA) is 35.8 Å². The van der Waals surface area contributed by atoms with Crippen molar-refractivity contribution in [2.45, 2.75) is 19.3 Å². The maximum Gasteiger partial charge on any atom is 0.0991 e. The first-order chi connectivity index (χ1) is 6.13. The van der Waals surface area contributed by atoms with E-state index in [1.165, 1.54) is 11.3 Å². The van der Waals surface area contributed by atoms with E-state index in [4.69, 9.17) is 5.26 Å². The summed E-state index contributed by atoms with van der Waals surface area (Å²) in [5.41, 5.74) is 3.33. The molecule has 0 saturated carbocycles. The molecule has 0 aliphatic carbocycles. The smallest absolute Gasteiger partial charge is 0.0991 e. The number of nitrogens with zero attached hydrogens (tertiary/aromatic N) is 1.